The summed E-state index contributed by atoms with van der Waals surface area (Å²) in [5.74, 6) is 2.21. The molecule has 1 amide bonds. The molecule has 5 nitrogen and oxygen atoms in total. The van der Waals surface area contributed by atoms with Crippen molar-refractivity contribution in [2.75, 3.05) is 13.2 Å². The fourth-order valence-electron chi connectivity index (χ4n) is 2.96. The Labute approximate surface area is 168 Å². The van der Waals surface area contributed by atoms with Gasteiger partial charge in [0, 0.05) is 6.54 Å². The molecule has 3 aromatic rings. The van der Waals surface area contributed by atoms with E-state index in [4.69, 9.17) is 14.2 Å². The molecule has 0 spiro atoms. The van der Waals surface area contributed by atoms with Crippen LogP contribution in [0.4, 0.5) is 4.39 Å². The van der Waals surface area contributed by atoms with E-state index >= 15 is 0 Å². The maximum atomic E-state index is 12.9. The second kappa shape index (κ2) is 8.65. The summed E-state index contributed by atoms with van der Waals surface area (Å²) in [6, 6.07) is 18.8. The summed E-state index contributed by atoms with van der Waals surface area (Å²) < 4.78 is 29.6. The molecule has 0 saturated carbocycles. The summed E-state index contributed by atoms with van der Waals surface area (Å²) in [5.41, 5.74) is 1.82. The third kappa shape index (κ3) is 5.04. The highest BCUT2D eigenvalue weighted by Crippen LogP contribution is 2.30. The molecular formula is C23H20FNO4. The minimum atomic E-state index is -0.306. The first-order valence-corrected chi connectivity index (χ1v) is 9.33. The number of carbonyl (C=O) groups is 1. The number of carbonyl (C=O) groups excluding carboxylic acids is 1. The van der Waals surface area contributed by atoms with Crippen LogP contribution in [-0.2, 0) is 17.8 Å². The van der Waals surface area contributed by atoms with E-state index in [-0.39, 0.29) is 18.1 Å². The minimum Gasteiger partial charge on any atom is -0.486 e. The molecule has 1 aliphatic heterocycles. The van der Waals surface area contributed by atoms with Crippen molar-refractivity contribution in [3.63, 3.8) is 0 Å². The van der Waals surface area contributed by atoms with Crippen LogP contribution in [0.25, 0.3) is 0 Å². The van der Waals surface area contributed by atoms with Crippen LogP contribution < -0.4 is 19.5 Å². The first-order chi connectivity index (χ1) is 14.2. The third-order valence-electron chi connectivity index (χ3n) is 4.43. The molecule has 0 unspecified atom stereocenters. The molecule has 0 aliphatic carbocycles. The molecular weight excluding hydrogens is 373 g/mol. The fourth-order valence-corrected chi connectivity index (χ4v) is 2.96. The number of fused-ring (bicyclic) bond motifs is 1. The van der Waals surface area contributed by atoms with Crippen molar-refractivity contribution in [1.82, 2.24) is 5.32 Å². The van der Waals surface area contributed by atoms with E-state index in [0.717, 1.165) is 11.1 Å². The number of amides is 1. The zero-order valence-corrected chi connectivity index (χ0v) is 15.7. The molecule has 0 fully saturated rings. The molecule has 148 valence electrons. The number of rotatable bonds is 6. The standard InChI is InChI=1S/C23H20FNO4/c24-18-4-8-20(9-5-18)29-19-6-1-16(2-7-19)15-25-23(26)14-17-3-10-21-22(13-17)28-12-11-27-21/h1-10,13H,11-12,14-15H2,(H,25,26). The van der Waals surface area contributed by atoms with Crippen molar-refractivity contribution in [2.45, 2.75) is 13.0 Å². The van der Waals surface area contributed by atoms with Gasteiger partial charge in [0.1, 0.15) is 30.5 Å². The predicted octanol–water partition coefficient (Wildman–Crippen LogP) is 4.25. The third-order valence-corrected chi connectivity index (χ3v) is 4.43. The Morgan fingerprint density at radius 3 is 2.21 bits per heavy atom. The van der Waals surface area contributed by atoms with Crippen molar-refractivity contribution < 1.29 is 23.4 Å². The number of hydrogen-bond donors (Lipinski definition) is 1. The molecule has 29 heavy (non-hydrogen) atoms. The maximum Gasteiger partial charge on any atom is 0.224 e. The lowest BCUT2D eigenvalue weighted by Gasteiger charge is -2.18. The van der Waals surface area contributed by atoms with Crippen molar-refractivity contribution in [3.8, 4) is 23.0 Å². The van der Waals surface area contributed by atoms with Crippen LogP contribution in [0.2, 0.25) is 0 Å². The van der Waals surface area contributed by atoms with Gasteiger partial charge in [0.25, 0.3) is 0 Å². The lowest BCUT2D eigenvalue weighted by Crippen LogP contribution is -2.24. The molecule has 1 N–H and O–H groups in total. The van der Waals surface area contributed by atoms with E-state index in [1.54, 1.807) is 12.1 Å². The summed E-state index contributed by atoms with van der Waals surface area (Å²) in [7, 11) is 0. The first-order valence-electron chi connectivity index (χ1n) is 9.33. The second-order valence-corrected chi connectivity index (χ2v) is 6.63. The number of ether oxygens (including phenoxy) is 3. The number of benzene rings is 3. The summed E-state index contributed by atoms with van der Waals surface area (Å²) >= 11 is 0. The van der Waals surface area contributed by atoms with Crippen LogP contribution in [0.5, 0.6) is 23.0 Å². The largest absolute Gasteiger partial charge is 0.486 e. The lowest BCUT2D eigenvalue weighted by atomic mass is 10.1. The van der Waals surface area contributed by atoms with Crippen molar-refractivity contribution in [2.24, 2.45) is 0 Å². The smallest absolute Gasteiger partial charge is 0.224 e. The van der Waals surface area contributed by atoms with Gasteiger partial charge in [-0.05, 0) is 59.7 Å². The number of halogens is 1. The van der Waals surface area contributed by atoms with E-state index in [1.165, 1.54) is 12.1 Å². The summed E-state index contributed by atoms with van der Waals surface area (Å²) in [4.78, 5) is 12.3. The zero-order valence-electron chi connectivity index (χ0n) is 15.7. The van der Waals surface area contributed by atoms with Crippen molar-refractivity contribution in [1.29, 1.82) is 0 Å². The van der Waals surface area contributed by atoms with E-state index in [9.17, 15) is 9.18 Å². The Kier molecular flexibility index (Phi) is 5.61. The van der Waals surface area contributed by atoms with Gasteiger partial charge in [0.05, 0.1) is 6.42 Å². The van der Waals surface area contributed by atoms with Crippen LogP contribution >= 0.6 is 0 Å². The Balaban J connectivity index is 1.28. The van der Waals surface area contributed by atoms with E-state index < -0.39 is 0 Å². The van der Waals surface area contributed by atoms with Crippen molar-refractivity contribution >= 4 is 5.91 Å². The molecule has 1 heterocycles. The van der Waals surface area contributed by atoms with E-state index in [2.05, 4.69) is 5.32 Å². The quantitative estimate of drug-likeness (QED) is 0.680. The van der Waals surface area contributed by atoms with Crippen LogP contribution in [0, 0.1) is 5.82 Å². The van der Waals surface area contributed by atoms with E-state index in [1.807, 2.05) is 42.5 Å². The van der Waals surface area contributed by atoms with Crippen LogP contribution in [0.3, 0.4) is 0 Å². The molecule has 0 aromatic heterocycles. The Morgan fingerprint density at radius 1 is 0.862 bits per heavy atom. The Bertz CT molecular complexity index is 987. The molecule has 4 rings (SSSR count). The predicted molar refractivity (Wildman–Crippen MR) is 106 cm³/mol. The minimum absolute atomic E-state index is 0.0756. The Hall–Kier alpha value is -3.54. The van der Waals surface area contributed by atoms with Crippen LogP contribution in [0.1, 0.15) is 11.1 Å². The number of hydrogen-bond acceptors (Lipinski definition) is 4. The summed E-state index contributed by atoms with van der Waals surface area (Å²) in [5, 5.41) is 2.91. The molecule has 0 bridgehead atoms. The maximum absolute atomic E-state index is 12.9. The highest BCUT2D eigenvalue weighted by atomic mass is 19.1. The molecule has 0 saturated heterocycles. The van der Waals surface area contributed by atoms with Gasteiger partial charge in [-0.3, -0.25) is 4.79 Å². The van der Waals surface area contributed by atoms with Gasteiger partial charge in [0.15, 0.2) is 11.5 Å². The van der Waals surface area contributed by atoms with Crippen molar-refractivity contribution in [3.05, 3.63) is 83.7 Å². The lowest BCUT2D eigenvalue weighted by molar-refractivity contribution is -0.120. The van der Waals surface area contributed by atoms with Gasteiger partial charge in [-0.25, -0.2) is 4.39 Å². The monoisotopic (exact) mass is 393 g/mol. The normalized spacial score (nSPS) is 12.3. The van der Waals surface area contributed by atoms with Gasteiger partial charge in [-0.1, -0.05) is 18.2 Å². The first kappa shape index (κ1) is 18.8. The summed E-state index contributed by atoms with van der Waals surface area (Å²) in [6.45, 7) is 1.48. The van der Waals surface area contributed by atoms with Gasteiger partial charge < -0.3 is 19.5 Å². The highest BCUT2D eigenvalue weighted by Gasteiger charge is 2.13. The van der Waals surface area contributed by atoms with Crippen LogP contribution in [-0.4, -0.2) is 19.1 Å². The number of nitrogens with one attached hydrogen (secondary N) is 1. The molecule has 6 heteroatoms. The average molecular weight is 393 g/mol. The summed E-state index contributed by atoms with van der Waals surface area (Å²) in [6.07, 6.45) is 0.266. The highest BCUT2D eigenvalue weighted by molar-refractivity contribution is 5.78. The zero-order chi connectivity index (χ0) is 20.1. The molecule has 0 radical (unpaired) electrons. The van der Waals surface area contributed by atoms with Gasteiger partial charge >= 0.3 is 0 Å². The van der Waals surface area contributed by atoms with Gasteiger partial charge in [-0.2, -0.15) is 0 Å². The topological polar surface area (TPSA) is 56.8 Å². The molecule has 0 atom stereocenters. The van der Waals surface area contributed by atoms with Gasteiger partial charge in [-0.15, -0.1) is 0 Å². The SMILES string of the molecule is O=C(Cc1ccc2c(c1)OCCO2)NCc1ccc(Oc2ccc(F)cc2)cc1. The second-order valence-electron chi connectivity index (χ2n) is 6.63. The van der Waals surface area contributed by atoms with Gasteiger partial charge in [0.2, 0.25) is 5.91 Å². The molecule has 3 aromatic carbocycles. The fraction of sp³-hybridized carbons (Fsp3) is 0.174. The average Bonchev–Trinajstić information content (AvgIpc) is 2.75. The Morgan fingerprint density at radius 2 is 1.48 bits per heavy atom. The van der Waals surface area contributed by atoms with Crippen LogP contribution in [0.15, 0.2) is 66.7 Å². The molecule has 1 aliphatic rings. The van der Waals surface area contributed by atoms with E-state index in [0.29, 0.717) is 42.8 Å².